The SMILES string of the molecule is CCc1c(C(=O)N2CCc3cc(S(=O)(=O)N4CCCCC4)ccc32)cnn1-c1ccc(F)cc1. The largest absolute Gasteiger partial charge is 0.308 e. The molecule has 0 bridgehead atoms. The topological polar surface area (TPSA) is 75.5 Å². The minimum atomic E-state index is -3.52. The summed E-state index contributed by atoms with van der Waals surface area (Å²) in [6.45, 7) is 3.54. The molecule has 0 saturated carbocycles. The minimum absolute atomic E-state index is 0.171. The number of sulfonamides is 1. The second-order valence-corrected chi connectivity index (χ2v) is 10.6. The Hall–Kier alpha value is -3.04. The van der Waals surface area contributed by atoms with E-state index in [0.717, 1.165) is 36.2 Å². The summed E-state index contributed by atoms with van der Waals surface area (Å²) < 4.78 is 42.7. The fourth-order valence-corrected chi connectivity index (χ4v) is 6.41. The van der Waals surface area contributed by atoms with Crippen molar-refractivity contribution in [2.45, 2.75) is 43.9 Å². The van der Waals surface area contributed by atoms with Crippen LogP contribution in [0, 0.1) is 5.82 Å². The molecule has 0 atom stereocenters. The van der Waals surface area contributed by atoms with Gasteiger partial charge in [-0.2, -0.15) is 9.40 Å². The molecule has 1 fully saturated rings. The number of aromatic nitrogens is 2. The van der Waals surface area contributed by atoms with Crippen LogP contribution in [-0.4, -0.2) is 48.0 Å². The Kier molecular flexibility index (Phi) is 5.99. The molecule has 3 aromatic rings. The summed E-state index contributed by atoms with van der Waals surface area (Å²) in [5.41, 5.74) is 3.51. The van der Waals surface area contributed by atoms with Crippen LogP contribution >= 0.6 is 0 Å². The highest BCUT2D eigenvalue weighted by Gasteiger charge is 2.31. The number of carbonyl (C=O) groups excluding carboxylic acids is 1. The highest BCUT2D eigenvalue weighted by molar-refractivity contribution is 7.89. The Morgan fingerprint density at radius 2 is 1.76 bits per heavy atom. The first kappa shape index (κ1) is 22.7. The molecule has 0 unspecified atom stereocenters. The highest BCUT2D eigenvalue weighted by atomic mass is 32.2. The number of nitrogens with zero attached hydrogens (tertiary/aromatic N) is 4. The minimum Gasteiger partial charge on any atom is -0.308 e. The standard InChI is InChI=1S/C25H27FN4O3S/c1-2-23-22(17-27-30(23)20-8-6-19(26)7-9-20)25(31)29-15-12-18-16-21(10-11-24(18)29)34(32,33)28-13-4-3-5-14-28/h6-11,16-17H,2-5,12-15H2,1H3. The maximum absolute atomic E-state index is 13.5. The molecule has 0 aliphatic carbocycles. The van der Waals surface area contributed by atoms with Crippen LogP contribution in [0.1, 0.15) is 47.8 Å². The lowest BCUT2D eigenvalue weighted by Crippen LogP contribution is -2.35. The fraction of sp³-hybridized carbons (Fsp3) is 0.360. The van der Waals surface area contributed by atoms with Gasteiger partial charge in [0, 0.05) is 25.3 Å². The number of halogens is 1. The number of amides is 1. The van der Waals surface area contributed by atoms with E-state index in [9.17, 15) is 17.6 Å². The van der Waals surface area contributed by atoms with Crippen molar-refractivity contribution in [1.29, 1.82) is 0 Å². The molecule has 7 nitrogen and oxygen atoms in total. The van der Waals surface area contributed by atoms with E-state index in [2.05, 4.69) is 5.10 Å². The molecule has 3 heterocycles. The number of piperidine rings is 1. The zero-order valence-corrected chi connectivity index (χ0v) is 19.9. The third kappa shape index (κ3) is 3.92. The summed E-state index contributed by atoms with van der Waals surface area (Å²) in [6.07, 6.45) is 5.56. The number of benzene rings is 2. The maximum Gasteiger partial charge on any atom is 0.261 e. The Bertz CT molecular complexity index is 1330. The first-order valence-electron chi connectivity index (χ1n) is 11.7. The van der Waals surface area contributed by atoms with Crippen molar-refractivity contribution in [2.24, 2.45) is 0 Å². The lowest BCUT2D eigenvalue weighted by Gasteiger charge is -2.26. The van der Waals surface area contributed by atoms with Crippen molar-refractivity contribution < 1.29 is 17.6 Å². The zero-order chi connectivity index (χ0) is 23.9. The molecule has 2 aliphatic heterocycles. The quantitative estimate of drug-likeness (QED) is 0.552. The van der Waals surface area contributed by atoms with Gasteiger partial charge in [0.05, 0.1) is 28.0 Å². The number of hydrogen-bond acceptors (Lipinski definition) is 4. The Labute approximate surface area is 198 Å². The van der Waals surface area contributed by atoms with E-state index >= 15 is 0 Å². The zero-order valence-electron chi connectivity index (χ0n) is 19.1. The normalized spacial score (nSPS) is 16.6. The summed E-state index contributed by atoms with van der Waals surface area (Å²) in [7, 11) is -3.52. The van der Waals surface area contributed by atoms with Crippen LogP contribution in [-0.2, 0) is 22.9 Å². The van der Waals surface area contributed by atoms with Crippen LogP contribution in [0.3, 0.4) is 0 Å². The van der Waals surface area contributed by atoms with E-state index < -0.39 is 10.0 Å². The monoisotopic (exact) mass is 482 g/mol. The number of anilines is 1. The van der Waals surface area contributed by atoms with Crippen LogP contribution < -0.4 is 4.90 Å². The number of fused-ring (bicyclic) bond motifs is 1. The second kappa shape index (κ2) is 8.96. The summed E-state index contributed by atoms with van der Waals surface area (Å²) in [6, 6.07) is 11.1. The Morgan fingerprint density at radius 3 is 2.47 bits per heavy atom. The Morgan fingerprint density at radius 1 is 1.03 bits per heavy atom. The van der Waals surface area contributed by atoms with Gasteiger partial charge in [-0.15, -0.1) is 0 Å². The van der Waals surface area contributed by atoms with E-state index in [0.29, 0.717) is 48.6 Å². The van der Waals surface area contributed by atoms with E-state index in [1.165, 1.54) is 12.1 Å². The number of hydrogen-bond donors (Lipinski definition) is 0. The molecule has 2 aromatic carbocycles. The molecule has 1 aromatic heterocycles. The molecule has 0 N–H and O–H groups in total. The second-order valence-electron chi connectivity index (χ2n) is 8.71. The Balaban J connectivity index is 1.43. The van der Waals surface area contributed by atoms with Crippen LogP contribution in [0.4, 0.5) is 10.1 Å². The van der Waals surface area contributed by atoms with Gasteiger partial charge in [-0.25, -0.2) is 17.5 Å². The van der Waals surface area contributed by atoms with E-state index in [-0.39, 0.29) is 11.7 Å². The van der Waals surface area contributed by atoms with Gasteiger partial charge in [0.15, 0.2) is 0 Å². The van der Waals surface area contributed by atoms with Gasteiger partial charge >= 0.3 is 0 Å². The van der Waals surface area contributed by atoms with Crippen molar-refractivity contribution in [3.63, 3.8) is 0 Å². The molecule has 9 heteroatoms. The molecule has 34 heavy (non-hydrogen) atoms. The summed E-state index contributed by atoms with van der Waals surface area (Å²) in [5.74, 6) is -0.504. The molecular weight excluding hydrogens is 455 g/mol. The van der Waals surface area contributed by atoms with Gasteiger partial charge in [0.25, 0.3) is 5.91 Å². The van der Waals surface area contributed by atoms with Crippen molar-refractivity contribution in [2.75, 3.05) is 24.5 Å². The first-order valence-corrected chi connectivity index (χ1v) is 13.1. The van der Waals surface area contributed by atoms with Crippen molar-refractivity contribution in [1.82, 2.24) is 14.1 Å². The summed E-state index contributed by atoms with van der Waals surface area (Å²) >= 11 is 0. The third-order valence-corrected chi connectivity index (χ3v) is 8.54. The predicted octanol–water partition coefficient (Wildman–Crippen LogP) is 3.95. The molecule has 0 radical (unpaired) electrons. The molecule has 2 aliphatic rings. The summed E-state index contributed by atoms with van der Waals surface area (Å²) in [5, 5.41) is 4.40. The summed E-state index contributed by atoms with van der Waals surface area (Å²) in [4.78, 5) is 15.5. The highest BCUT2D eigenvalue weighted by Crippen LogP contribution is 2.33. The average Bonchev–Trinajstić information content (AvgIpc) is 3.48. The molecule has 5 rings (SSSR count). The lowest BCUT2D eigenvalue weighted by atomic mass is 10.1. The van der Waals surface area contributed by atoms with Crippen molar-refractivity contribution >= 4 is 21.6 Å². The predicted molar refractivity (Wildman–Crippen MR) is 127 cm³/mol. The maximum atomic E-state index is 13.5. The van der Waals surface area contributed by atoms with Crippen molar-refractivity contribution in [3.8, 4) is 5.69 Å². The van der Waals surface area contributed by atoms with E-state index in [1.54, 1.807) is 50.4 Å². The average molecular weight is 483 g/mol. The fourth-order valence-electron chi connectivity index (χ4n) is 4.85. The number of rotatable bonds is 5. The van der Waals surface area contributed by atoms with Gasteiger partial charge in [-0.1, -0.05) is 13.3 Å². The molecule has 1 amide bonds. The van der Waals surface area contributed by atoms with Crippen molar-refractivity contribution in [3.05, 3.63) is 71.3 Å². The molecule has 1 saturated heterocycles. The lowest BCUT2D eigenvalue weighted by molar-refractivity contribution is 0.0988. The van der Waals surface area contributed by atoms with Gasteiger partial charge < -0.3 is 4.90 Å². The molecule has 0 spiro atoms. The van der Waals surface area contributed by atoms with Gasteiger partial charge in [0.2, 0.25) is 10.0 Å². The van der Waals surface area contributed by atoms with Crippen LogP contribution in [0.15, 0.2) is 53.6 Å². The van der Waals surface area contributed by atoms with Gasteiger partial charge in [0.1, 0.15) is 5.82 Å². The van der Waals surface area contributed by atoms with Crippen LogP contribution in [0.5, 0.6) is 0 Å². The number of carbonyl (C=O) groups is 1. The third-order valence-electron chi connectivity index (χ3n) is 6.65. The van der Waals surface area contributed by atoms with E-state index in [4.69, 9.17) is 0 Å². The van der Waals surface area contributed by atoms with Crippen LogP contribution in [0.25, 0.3) is 5.69 Å². The smallest absolute Gasteiger partial charge is 0.261 e. The van der Waals surface area contributed by atoms with E-state index in [1.807, 2.05) is 6.92 Å². The molecule has 178 valence electrons. The van der Waals surface area contributed by atoms with Crippen LogP contribution in [0.2, 0.25) is 0 Å². The molecular formula is C25H27FN4O3S. The van der Waals surface area contributed by atoms with Gasteiger partial charge in [-0.3, -0.25) is 4.79 Å². The van der Waals surface area contributed by atoms with Gasteiger partial charge in [-0.05, 0) is 73.7 Å². The first-order chi connectivity index (χ1) is 16.4.